The molecule has 7 heteroatoms. The summed E-state index contributed by atoms with van der Waals surface area (Å²) in [5.41, 5.74) is 0.966. The molecule has 1 amide bonds. The molecule has 19 heavy (non-hydrogen) atoms. The highest BCUT2D eigenvalue weighted by atomic mass is 79.9. The number of rotatable bonds is 4. The van der Waals surface area contributed by atoms with Crippen LogP contribution in [-0.4, -0.2) is 28.9 Å². The SMILES string of the molecule is CN(Cc1csc(Br)c1)C(=O)c1cc(C(=O)O)co1. The fourth-order valence-corrected chi connectivity index (χ4v) is 2.72. The van der Waals surface area contributed by atoms with Crippen molar-refractivity contribution in [2.45, 2.75) is 6.54 Å². The van der Waals surface area contributed by atoms with Gasteiger partial charge in [-0.15, -0.1) is 11.3 Å². The molecule has 0 fully saturated rings. The van der Waals surface area contributed by atoms with Gasteiger partial charge in [-0.2, -0.15) is 0 Å². The number of amides is 1. The summed E-state index contributed by atoms with van der Waals surface area (Å²) in [7, 11) is 1.64. The van der Waals surface area contributed by atoms with Crippen LogP contribution in [0.3, 0.4) is 0 Å². The molecule has 1 N–H and O–H groups in total. The van der Waals surface area contributed by atoms with Crippen LogP contribution in [0, 0.1) is 0 Å². The zero-order valence-corrected chi connectivity index (χ0v) is 12.3. The van der Waals surface area contributed by atoms with E-state index in [0.717, 1.165) is 15.6 Å². The van der Waals surface area contributed by atoms with Gasteiger partial charge in [0.25, 0.3) is 5.91 Å². The van der Waals surface area contributed by atoms with E-state index in [2.05, 4.69) is 15.9 Å². The average Bonchev–Trinajstić information content (AvgIpc) is 2.97. The normalized spacial score (nSPS) is 10.4. The maximum Gasteiger partial charge on any atom is 0.338 e. The van der Waals surface area contributed by atoms with Gasteiger partial charge >= 0.3 is 5.97 Å². The van der Waals surface area contributed by atoms with Crippen molar-refractivity contribution in [3.8, 4) is 0 Å². The van der Waals surface area contributed by atoms with Gasteiger partial charge in [0.2, 0.25) is 0 Å². The van der Waals surface area contributed by atoms with E-state index in [1.807, 2.05) is 11.4 Å². The minimum atomic E-state index is -1.12. The first kappa shape index (κ1) is 13.8. The summed E-state index contributed by atoms with van der Waals surface area (Å²) in [5, 5.41) is 10.7. The molecule has 0 saturated carbocycles. The quantitative estimate of drug-likeness (QED) is 0.925. The van der Waals surface area contributed by atoms with Crippen molar-refractivity contribution in [1.29, 1.82) is 0 Å². The van der Waals surface area contributed by atoms with Gasteiger partial charge in [0.05, 0.1) is 9.35 Å². The number of carbonyl (C=O) groups excluding carboxylic acids is 1. The Balaban J connectivity index is 2.07. The van der Waals surface area contributed by atoms with Gasteiger partial charge in [0.15, 0.2) is 5.76 Å². The number of nitrogens with zero attached hydrogens (tertiary/aromatic N) is 1. The molecule has 5 nitrogen and oxygen atoms in total. The monoisotopic (exact) mass is 343 g/mol. The first-order valence-corrected chi connectivity index (χ1v) is 6.95. The molecule has 0 spiro atoms. The Bertz CT molecular complexity index is 619. The summed E-state index contributed by atoms with van der Waals surface area (Å²) < 4.78 is 5.97. The number of carboxylic acid groups (broad SMARTS) is 1. The van der Waals surface area contributed by atoms with E-state index in [-0.39, 0.29) is 17.2 Å². The van der Waals surface area contributed by atoms with Gasteiger partial charge in [-0.1, -0.05) is 0 Å². The molecule has 2 heterocycles. The van der Waals surface area contributed by atoms with Crippen LogP contribution in [0.15, 0.2) is 32.0 Å². The fraction of sp³-hybridized carbons (Fsp3) is 0.167. The fourth-order valence-electron chi connectivity index (χ4n) is 1.52. The van der Waals surface area contributed by atoms with E-state index in [1.54, 1.807) is 7.05 Å². The lowest BCUT2D eigenvalue weighted by atomic mass is 10.2. The molecule has 0 bridgehead atoms. The zero-order chi connectivity index (χ0) is 14.0. The molecule has 0 atom stereocenters. The largest absolute Gasteiger partial charge is 0.478 e. The van der Waals surface area contributed by atoms with Gasteiger partial charge in [-0.3, -0.25) is 4.79 Å². The number of aromatic carboxylic acids is 1. The van der Waals surface area contributed by atoms with E-state index in [4.69, 9.17) is 9.52 Å². The lowest BCUT2D eigenvalue weighted by Gasteiger charge is -2.14. The smallest absolute Gasteiger partial charge is 0.338 e. The summed E-state index contributed by atoms with van der Waals surface area (Å²) in [6.45, 7) is 0.435. The summed E-state index contributed by atoms with van der Waals surface area (Å²) in [6, 6.07) is 3.16. The van der Waals surface area contributed by atoms with Crippen LogP contribution in [-0.2, 0) is 6.54 Å². The van der Waals surface area contributed by atoms with Crippen molar-refractivity contribution in [2.24, 2.45) is 0 Å². The Morgan fingerprint density at radius 3 is 2.74 bits per heavy atom. The second-order valence-electron chi connectivity index (χ2n) is 3.93. The van der Waals surface area contributed by atoms with Crippen LogP contribution in [0.5, 0.6) is 0 Å². The van der Waals surface area contributed by atoms with Gasteiger partial charge in [-0.05, 0) is 32.9 Å². The van der Waals surface area contributed by atoms with E-state index >= 15 is 0 Å². The molecule has 0 aliphatic carbocycles. The number of hydrogen-bond donors (Lipinski definition) is 1. The summed E-state index contributed by atoms with van der Waals surface area (Å²) in [6.07, 6.45) is 1.06. The Labute approximate surface area is 121 Å². The minimum absolute atomic E-state index is 0.0224. The molecule has 0 aliphatic heterocycles. The predicted octanol–water partition coefficient (Wildman–Crippen LogP) is 3.07. The van der Waals surface area contributed by atoms with Crippen molar-refractivity contribution in [2.75, 3.05) is 7.05 Å². The number of furan rings is 1. The Hall–Kier alpha value is -1.60. The number of halogens is 1. The second kappa shape index (κ2) is 5.58. The van der Waals surface area contributed by atoms with E-state index < -0.39 is 5.97 Å². The predicted molar refractivity (Wildman–Crippen MR) is 73.5 cm³/mol. The standard InChI is InChI=1S/C12H10BrNO4S/c1-14(4-7-2-10(13)19-6-7)11(15)9-3-8(5-18-9)12(16)17/h2-3,5-6H,4H2,1H3,(H,16,17). The molecule has 0 unspecified atom stereocenters. The van der Waals surface area contributed by atoms with Gasteiger partial charge in [0, 0.05) is 19.7 Å². The van der Waals surface area contributed by atoms with Crippen molar-refractivity contribution in [1.82, 2.24) is 4.90 Å². The van der Waals surface area contributed by atoms with Gasteiger partial charge in [-0.25, -0.2) is 4.79 Å². The van der Waals surface area contributed by atoms with Crippen LogP contribution in [0.2, 0.25) is 0 Å². The Morgan fingerprint density at radius 1 is 1.47 bits per heavy atom. The second-order valence-corrected chi connectivity index (χ2v) is 6.22. The number of carbonyl (C=O) groups is 2. The number of hydrogen-bond acceptors (Lipinski definition) is 4. The first-order valence-electron chi connectivity index (χ1n) is 5.27. The highest BCUT2D eigenvalue weighted by Crippen LogP contribution is 2.22. The first-order chi connectivity index (χ1) is 8.97. The number of carboxylic acids is 1. The van der Waals surface area contributed by atoms with Crippen LogP contribution in [0.1, 0.15) is 26.5 Å². The lowest BCUT2D eigenvalue weighted by Crippen LogP contribution is -2.25. The highest BCUT2D eigenvalue weighted by Gasteiger charge is 2.18. The zero-order valence-electron chi connectivity index (χ0n) is 9.92. The average molecular weight is 344 g/mol. The summed E-state index contributed by atoms with van der Waals surface area (Å²) in [4.78, 5) is 24.2. The molecular weight excluding hydrogens is 334 g/mol. The van der Waals surface area contributed by atoms with Crippen molar-refractivity contribution in [3.05, 3.63) is 44.4 Å². The summed E-state index contributed by atoms with van der Waals surface area (Å²) in [5.74, 6) is -1.45. The number of thiophene rings is 1. The topological polar surface area (TPSA) is 70.8 Å². The third-order valence-corrected chi connectivity index (χ3v) is 4.00. The molecule has 0 aliphatic rings. The van der Waals surface area contributed by atoms with Gasteiger partial charge in [0.1, 0.15) is 6.26 Å². The molecule has 2 rings (SSSR count). The molecule has 0 aromatic carbocycles. The van der Waals surface area contributed by atoms with Crippen molar-refractivity contribution in [3.63, 3.8) is 0 Å². The Kier molecular flexibility index (Phi) is 4.06. The van der Waals surface area contributed by atoms with E-state index in [9.17, 15) is 9.59 Å². The van der Waals surface area contributed by atoms with Crippen LogP contribution in [0.4, 0.5) is 0 Å². The molecule has 2 aromatic rings. The van der Waals surface area contributed by atoms with E-state index in [0.29, 0.717) is 6.54 Å². The molecule has 2 aromatic heterocycles. The molecule has 0 radical (unpaired) electrons. The minimum Gasteiger partial charge on any atom is -0.478 e. The van der Waals surface area contributed by atoms with Crippen LogP contribution >= 0.6 is 27.3 Å². The van der Waals surface area contributed by atoms with E-state index in [1.165, 1.54) is 22.3 Å². The van der Waals surface area contributed by atoms with Crippen molar-refractivity contribution < 1.29 is 19.1 Å². The highest BCUT2D eigenvalue weighted by molar-refractivity contribution is 9.11. The maximum atomic E-state index is 12.0. The molecular formula is C12H10BrNO4S. The molecule has 100 valence electrons. The van der Waals surface area contributed by atoms with Gasteiger partial charge < -0.3 is 14.4 Å². The third-order valence-electron chi connectivity index (χ3n) is 2.45. The third kappa shape index (κ3) is 3.24. The lowest BCUT2D eigenvalue weighted by molar-refractivity contribution is 0.0695. The summed E-state index contributed by atoms with van der Waals surface area (Å²) >= 11 is 4.89. The van der Waals surface area contributed by atoms with Crippen LogP contribution in [0.25, 0.3) is 0 Å². The Morgan fingerprint density at radius 2 is 2.21 bits per heavy atom. The van der Waals surface area contributed by atoms with Crippen molar-refractivity contribution >= 4 is 39.1 Å². The van der Waals surface area contributed by atoms with Crippen LogP contribution < -0.4 is 0 Å². The molecule has 0 saturated heterocycles. The maximum absolute atomic E-state index is 12.0.